The molecule has 0 saturated heterocycles. The van der Waals surface area contributed by atoms with E-state index >= 15 is 0 Å². The Labute approximate surface area is 201 Å². The van der Waals surface area contributed by atoms with Crippen molar-refractivity contribution in [2.24, 2.45) is 0 Å². The normalized spacial score (nSPS) is 11.4. The van der Waals surface area contributed by atoms with Gasteiger partial charge in [-0.25, -0.2) is 8.42 Å². The Morgan fingerprint density at radius 3 is 2.15 bits per heavy atom. The van der Waals surface area contributed by atoms with Gasteiger partial charge in [0.1, 0.15) is 11.5 Å². The molecule has 3 rings (SSSR count). The standard InChI is InChI=1S/C26H30N2O5S/c1-18-13-19(2)26(20(3)14-18)34(30,31)28(16-21-9-7-6-8-10-21)17-25(29)27-23-15-22(32-4)11-12-24(23)33-5/h6-15H,16-17H2,1-5H3,(H,27,29). The van der Waals surface area contributed by atoms with Gasteiger partial charge in [-0.2, -0.15) is 4.31 Å². The molecule has 180 valence electrons. The molecule has 1 amide bonds. The number of nitrogens with one attached hydrogen (secondary N) is 1. The molecular weight excluding hydrogens is 452 g/mol. The van der Waals surface area contributed by atoms with Crippen molar-refractivity contribution in [3.63, 3.8) is 0 Å². The SMILES string of the molecule is COc1ccc(OC)c(NC(=O)CN(Cc2ccccc2)S(=O)(=O)c2c(C)cc(C)cc2C)c1. The highest BCUT2D eigenvalue weighted by atomic mass is 32.2. The van der Waals surface area contributed by atoms with E-state index in [1.165, 1.54) is 18.5 Å². The highest BCUT2D eigenvalue weighted by Gasteiger charge is 2.30. The van der Waals surface area contributed by atoms with Crippen LogP contribution in [0.15, 0.2) is 65.6 Å². The smallest absolute Gasteiger partial charge is 0.244 e. The van der Waals surface area contributed by atoms with E-state index < -0.39 is 15.9 Å². The molecule has 0 atom stereocenters. The molecule has 0 aromatic heterocycles. The summed E-state index contributed by atoms with van der Waals surface area (Å²) in [6.07, 6.45) is 0. The number of carbonyl (C=O) groups is 1. The number of hydrogen-bond donors (Lipinski definition) is 1. The number of amides is 1. The first-order valence-corrected chi connectivity index (χ1v) is 12.2. The molecule has 34 heavy (non-hydrogen) atoms. The molecule has 0 unspecified atom stereocenters. The molecule has 8 heteroatoms. The number of carbonyl (C=O) groups excluding carboxylic acids is 1. The van der Waals surface area contributed by atoms with Gasteiger partial charge in [-0.05, 0) is 49.6 Å². The van der Waals surface area contributed by atoms with Crippen LogP contribution in [0.3, 0.4) is 0 Å². The van der Waals surface area contributed by atoms with Crippen LogP contribution in [-0.4, -0.2) is 39.4 Å². The van der Waals surface area contributed by atoms with Crippen molar-refractivity contribution >= 4 is 21.6 Å². The van der Waals surface area contributed by atoms with Crippen LogP contribution in [0.2, 0.25) is 0 Å². The monoisotopic (exact) mass is 482 g/mol. The lowest BCUT2D eigenvalue weighted by Crippen LogP contribution is -2.38. The predicted octanol–water partition coefficient (Wildman–Crippen LogP) is 4.46. The number of ether oxygens (including phenoxy) is 2. The Morgan fingerprint density at radius 1 is 0.912 bits per heavy atom. The van der Waals surface area contributed by atoms with Gasteiger partial charge in [0, 0.05) is 12.6 Å². The zero-order chi connectivity index (χ0) is 24.9. The minimum atomic E-state index is -3.98. The van der Waals surface area contributed by atoms with Crippen LogP contribution in [0.5, 0.6) is 11.5 Å². The summed E-state index contributed by atoms with van der Waals surface area (Å²) in [6, 6.07) is 17.9. The lowest BCUT2D eigenvalue weighted by Gasteiger charge is -2.24. The Bertz CT molecular complexity index is 1250. The minimum Gasteiger partial charge on any atom is -0.497 e. The second-order valence-electron chi connectivity index (χ2n) is 8.10. The van der Waals surface area contributed by atoms with Crippen LogP contribution in [0.1, 0.15) is 22.3 Å². The molecule has 0 heterocycles. The van der Waals surface area contributed by atoms with Crippen molar-refractivity contribution in [2.75, 3.05) is 26.1 Å². The molecule has 0 saturated carbocycles. The van der Waals surface area contributed by atoms with Gasteiger partial charge in [0.25, 0.3) is 0 Å². The van der Waals surface area contributed by atoms with E-state index in [9.17, 15) is 13.2 Å². The maximum Gasteiger partial charge on any atom is 0.244 e. The second-order valence-corrected chi connectivity index (χ2v) is 9.98. The lowest BCUT2D eigenvalue weighted by atomic mass is 10.1. The topological polar surface area (TPSA) is 84.9 Å². The molecule has 0 spiro atoms. The number of nitrogens with zero attached hydrogens (tertiary/aromatic N) is 1. The van der Waals surface area contributed by atoms with Crippen molar-refractivity contribution < 1.29 is 22.7 Å². The Balaban J connectivity index is 1.97. The third-order valence-electron chi connectivity index (χ3n) is 5.40. The zero-order valence-electron chi connectivity index (χ0n) is 20.1. The van der Waals surface area contributed by atoms with E-state index in [4.69, 9.17) is 9.47 Å². The van der Waals surface area contributed by atoms with Gasteiger partial charge in [0.2, 0.25) is 15.9 Å². The van der Waals surface area contributed by atoms with Gasteiger partial charge in [0.05, 0.1) is 31.3 Å². The first-order valence-electron chi connectivity index (χ1n) is 10.8. The molecule has 0 radical (unpaired) electrons. The molecule has 3 aromatic carbocycles. The number of hydrogen-bond acceptors (Lipinski definition) is 5. The summed E-state index contributed by atoms with van der Waals surface area (Å²) in [5.41, 5.74) is 3.44. The summed E-state index contributed by atoms with van der Waals surface area (Å²) in [5, 5.41) is 2.76. The van der Waals surface area contributed by atoms with Gasteiger partial charge in [-0.3, -0.25) is 4.79 Å². The Hall–Kier alpha value is -3.36. The summed E-state index contributed by atoms with van der Waals surface area (Å²) in [4.78, 5) is 13.3. The average Bonchev–Trinajstić information content (AvgIpc) is 2.78. The van der Waals surface area contributed by atoms with Crippen molar-refractivity contribution in [2.45, 2.75) is 32.2 Å². The Morgan fingerprint density at radius 2 is 1.56 bits per heavy atom. The molecule has 0 fully saturated rings. The van der Waals surface area contributed by atoms with Gasteiger partial charge in [-0.1, -0.05) is 48.0 Å². The van der Waals surface area contributed by atoms with Gasteiger partial charge >= 0.3 is 0 Å². The van der Waals surface area contributed by atoms with Crippen LogP contribution in [0, 0.1) is 20.8 Å². The molecule has 1 N–H and O–H groups in total. The van der Waals surface area contributed by atoms with Gasteiger partial charge in [0.15, 0.2) is 0 Å². The van der Waals surface area contributed by atoms with Crippen molar-refractivity contribution in [3.8, 4) is 11.5 Å². The van der Waals surface area contributed by atoms with E-state index in [0.717, 1.165) is 11.1 Å². The van der Waals surface area contributed by atoms with E-state index in [1.54, 1.807) is 32.0 Å². The van der Waals surface area contributed by atoms with Crippen molar-refractivity contribution in [3.05, 3.63) is 82.9 Å². The summed E-state index contributed by atoms with van der Waals surface area (Å²) >= 11 is 0. The van der Waals surface area contributed by atoms with E-state index in [2.05, 4.69) is 5.32 Å². The number of aryl methyl sites for hydroxylation is 3. The molecule has 0 aliphatic rings. The highest BCUT2D eigenvalue weighted by Crippen LogP contribution is 2.30. The third-order valence-corrected chi connectivity index (χ3v) is 7.50. The number of sulfonamides is 1. The fourth-order valence-corrected chi connectivity index (χ4v) is 5.77. The molecule has 7 nitrogen and oxygen atoms in total. The summed E-state index contributed by atoms with van der Waals surface area (Å²) in [6.45, 7) is 5.15. The van der Waals surface area contributed by atoms with Crippen LogP contribution in [0.25, 0.3) is 0 Å². The second kappa shape index (κ2) is 10.7. The quantitative estimate of drug-likeness (QED) is 0.487. The first kappa shape index (κ1) is 25.3. The first-order chi connectivity index (χ1) is 16.1. The molecule has 0 aliphatic heterocycles. The summed E-state index contributed by atoms with van der Waals surface area (Å²) in [5.74, 6) is 0.487. The van der Waals surface area contributed by atoms with Crippen LogP contribution in [-0.2, 0) is 21.4 Å². The highest BCUT2D eigenvalue weighted by molar-refractivity contribution is 7.89. The minimum absolute atomic E-state index is 0.0542. The number of rotatable bonds is 9. The fraction of sp³-hybridized carbons (Fsp3) is 0.269. The van der Waals surface area contributed by atoms with Gasteiger partial charge < -0.3 is 14.8 Å². The zero-order valence-corrected chi connectivity index (χ0v) is 20.9. The largest absolute Gasteiger partial charge is 0.497 e. The molecular formula is C26H30N2O5S. The van der Waals surface area contributed by atoms with Crippen LogP contribution in [0.4, 0.5) is 5.69 Å². The van der Waals surface area contributed by atoms with Crippen molar-refractivity contribution in [1.82, 2.24) is 4.31 Å². The summed E-state index contributed by atoms with van der Waals surface area (Å²) < 4.78 is 39.4. The Kier molecular flexibility index (Phi) is 7.96. The molecule has 0 aliphatic carbocycles. The van der Waals surface area contributed by atoms with Crippen LogP contribution < -0.4 is 14.8 Å². The van der Waals surface area contributed by atoms with Crippen LogP contribution >= 0.6 is 0 Å². The predicted molar refractivity (Wildman–Crippen MR) is 133 cm³/mol. The number of methoxy groups -OCH3 is 2. The fourth-order valence-electron chi connectivity index (χ4n) is 3.98. The number of benzene rings is 3. The third kappa shape index (κ3) is 5.76. The molecule has 0 bridgehead atoms. The van der Waals surface area contributed by atoms with E-state index in [0.29, 0.717) is 28.3 Å². The van der Waals surface area contributed by atoms with E-state index in [1.807, 2.05) is 49.4 Å². The van der Waals surface area contributed by atoms with E-state index in [-0.39, 0.29) is 18.0 Å². The van der Waals surface area contributed by atoms with Gasteiger partial charge in [-0.15, -0.1) is 0 Å². The lowest BCUT2D eigenvalue weighted by molar-refractivity contribution is -0.116. The average molecular weight is 483 g/mol. The maximum absolute atomic E-state index is 13.8. The molecule has 3 aromatic rings. The summed E-state index contributed by atoms with van der Waals surface area (Å²) in [7, 11) is -0.962. The van der Waals surface area contributed by atoms with Crippen molar-refractivity contribution in [1.29, 1.82) is 0 Å². The maximum atomic E-state index is 13.8. The number of anilines is 1.